The molecule has 0 amide bonds. The first-order valence-corrected chi connectivity index (χ1v) is 7.65. The number of carboxylic acids is 1. The molecule has 3 rings (SSSR count). The van der Waals surface area contributed by atoms with E-state index in [0.29, 0.717) is 0 Å². The smallest absolute Gasteiger partial charge is 0.335 e. The topological polar surface area (TPSA) is 46.5 Å². The van der Waals surface area contributed by atoms with E-state index in [9.17, 15) is 9.18 Å². The first-order chi connectivity index (χ1) is 10.9. The van der Waals surface area contributed by atoms with E-state index in [1.807, 2.05) is 26.0 Å². The van der Waals surface area contributed by atoms with E-state index in [1.54, 1.807) is 0 Å². The Morgan fingerprint density at radius 3 is 2.35 bits per heavy atom. The van der Waals surface area contributed by atoms with Crippen molar-refractivity contribution in [3.05, 3.63) is 65.0 Å². The molecule has 0 heterocycles. The van der Waals surface area contributed by atoms with Crippen molar-refractivity contribution in [1.29, 1.82) is 0 Å². The second-order valence-corrected chi connectivity index (χ2v) is 6.53. The van der Waals surface area contributed by atoms with Gasteiger partial charge in [0.25, 0.3) is 0 Å². The lowest BCUT2D eigenvalue weighted by Gasteiger charge is -2.32. The molecule has 1 aliphatic carbocycles. The van der Waals surface area contributed by atoms with E-state index in [1.165, 1.54) is 23.3 Å². The number of halogens is 1. The van der Waals surface area contributed by atoms with Crippen LogP contribution in [0.4, 0.5) is 4.39 Å². The van der Waals surface area contributed by atoms with Gasteiger partial charge in [0.05, 0.1) is 5.56 Å². The molecular formula is C19H19FO3. The number of hydrogen-bond donors (Lipinski definition) is 1. The quantitative estimate of drug-likeness (QED) is 0.924. The van der Waals surface area contributed by atoms with Gasteiger partial charge in [0.1, 0.15) is 5.60 Å². The zero-order valence-corrected chi connectivity index (χ0v) is 13.2. The maximum atomic E-state index is 14.0. The number of carboxylic acid groups (broad SMARTS) is 1. The second-order valence-electron chi connectivity index (χ2n) is 6.53. The average Bonchev–Trinajstić information content (AvgIpc) is 2.94. The molecule has 0 spiro atoms. The first-order valence-electron chi connectivity index (χ1n) is 7.65. The highest BCUT2D eigenvalue weighted by Gasteiger charge is 2.36. The zero-order valence-electron chi connectivity index (χ0n) is 13.2. The summed E-state index contributed by atoms with van der Waals surface area (Å²) in [7, 11) is 0. The van der Waals surface area contributed by atoms with Crippen LogP contribution in [-0.2, 0) is 12.8 Å². The van der Waals surface area contributed by atoms with Crippen molar-refractivity contribution in [1.82, 2.24) is 0 Å². The third-order valence-electron chi connectivity index (χ3n) is 4.59. The van der Waals surface area contributed by atoms with Crippen molar-refractivity contribution in [2.75, 3.05) is 0 Å². The highest BCUT2D eigenvalue weighted by molar-refractivity contribution is 5.88. The van der Waals surface area contributed by atoms with Gasteiger partial charge >= 0.3 is 5.97 Å². The van der Waals surface area contributed by atoms with Crippen molar-refractivity contribution in [3.63, 3.8) is 0 Å². The lowest BCUT2D eigenvalue weighted by atomic mass is 9.88. The molecule has 0 aliphatic heterocycles. The third-order valence-corrected chi connectivity index (χ3v) is 4.59. The Morgan fingerprint density at radius 1 is 1.17 bits per heavy atom. The molecule has 23 heavy (non-hydrogen) atoms. The van der Waals surface area contributed by atoms with E-state index in [2.05, 4.69) is 12.1 Å². The van der Waals surface area contributed by atoms with Gasteiger partial charge in [-0.15, -0.1) is 0 Å². The number of fused-ring (bicyclic) bond motifs is 1. The molecule has 4 heteroatoms. The molecule has 0 saturated carbocycles. The molecule has 0 radical (unpaired) electrons. The van der Waals surface area contributed by atoms with E-state index in [0.717, 1.165) is 18.9 Å². The summed E-state index contributed by atoms with van der Waals surface area (Å²) in [6.45, 7) is 3.85. The van der Waals surface area contributed by atoms with Gasteiger partial charge < -0.3 is 9.84 Å². The van der Waals surface area contributed by atoms with Gasteiger partial charge in [-0.1, -0.05) is 24.3 Å². The van der Waals surface area contributed by atoms with Crippen LogP contribution in [-0.4, -0.2) is 16.7 Å². The predicted molar refractivity (Wildman–Crippen MR) is 85.4 cm³/mol. The van der Waals surface area contributed by atoms with Gasteiger partial charge in [0.2, 0.25) is 0 Å². The highest BCUT2D eigenvalue weighted by atomic mass is 19.1. The van der Waals surface area contributed by atoms with Crippen LogP contribution < -0.4 is 4.74 Å². The fraction of sp³-hybridized carbons (Fsp3) is 0.316. The summed E-state index contributed by atoms with van der Waals surface area (Å²) in [6.07, 6.45) is 1.76. The Labute approximate surface area is 134 Å². The molecular weight excluding hydrogens is 295 g/mol. The van der Waals surface area contributed by atoms with E-state index >= 15 is 0 Å². The molecule has 0 saturated heterocycles. The highest BCUT2D eigenvalue weighted by Crippen LogP contribution is 2.37. The number of ether oxygens (including phenoxy) is 1. The van der Waals surface area contributed by atoms with Crippen molar-refractivity contribution < 1.29 is 19.0 Å². The summed E-state index contributed by atoms with van der Waals surface area (Å²) in [5.41, 5.74) is 2.02. The summed E-state index contributed by atoms with van der Waals surface area (Å²) in [5, 5.41) is 9.05. The summed E-state index contributed by atoms with van der Waals surface area (Å²) >= 11 is 0. The Kier molecular flexibility index (Phi) is 3.84. The van der Waals surface area contributed by atoms with Gasteiger partial charge in [-0.3, -0.25) is 0 Å². The monoisotopic (exact) mass is 314 g/mol. The summed E-state index contributed by atoms with van der Waals surface area (Å²) < 4.78 is 19.9. The predicted octanol–water partition coefficient (Wildman–Crippen LogP) is 4.10. The van der Waals surface area contributed by atoms with Crippen molar-refractivity contribution in [2.24, 2.45) is 5.92 Å². The minimum absolute atomic E-state index is 0.00847. The molecule has 120 valence electrons. The minimum Gasteiger partial charge on any atom is -0.484 e. The molecule has 3 nitrogen and oxygen atoms in total. The van der Waals surface area contributed by atoms with Gasteiger partial charge in [-0.2, -0.15) is 0 Å². The molecule has 1 N–H and O–H groups in total. The fourth-order valence-corrected chi connectivity index (χ4v) is 3.13. The number of rotatable bonds is 4. The summed E-state index contributed by atoms with van der Waals surface area (Å²) in [5.74, 6) is -1.43. The van der Waals surface area contributed by atoms with Gasteiger partial charge in [-0.05, 0) is 56.0 Å². The van der Waals surface area contributed by atoms with E-state index < -0.39 is 17.4 Å². The average molecular weight is 314 g/mol. The van der Waals surface area contributed by atoms with Crippen molar-refractivity contribution >= 4 is 5.97 Å². The Bertz CT molecular complexity index is 727. The maximum Gasteiger partial charge on any atom is 0.335 e. The molecule has 0 atom stereocenters. The van der Waals surface area contributed by atoms with Crippen LogP contribution in [0.5, 0.6) is 5.75 Å². The number of aromatic carboxylic acids is 1. The van der Waals surface area contributed by atoms with Crippen LogP contribution in [0.3, 0.4) is 0 Å². The summed E-state index contributed by atoms with van der Waals surface area (Å²) in [4.78, 5) is 11.1. The van der Waals surface area contributed by atoms with Crippen LogP contribution in [0.15, 0.2) is 42.5 Å². The second kappa shape index (κ2) is 5.69. The molecule has 0 unspecified atom stereocenters. The lowest BCUT2D eigenvalue weighted by Crippen LogP contribution is -2.38. The molecule has 1 aliphatic rings. The van der Waals surface area contributed by atoms with Crippen LogP contribution in [0.25, 0.3) is 0 Å². The van der Waals surface area contributed by atoms with Gasteiger partial charge in [0, 0.05) is 5.92 Å². The van der Waals surface area contributed by atoms with Crippen LogP contribution in [0, 0.1) is 11.7 Å². The maximum absolute atomic E-state index is 14.0. The third kappa shape index (κ3) is 3.07. The zero-order chi connectivity index (χ0) is 16.6. The van der Waals surface area contributed by atoms with Crippen molar-refractivity contribution in [3.8, 4) is 5.75 Å². The normalized spacial score (nSPS) is 14.6. The molecule has 2 aromatic carbocycles. The Morgan fingerprint density at radius 2 is 1.78 bits per heavy atom. The van der Waals surface area contributed by atoms with Gasteiger partial charge in [0.15, 0.2) is 11.6 Å². The largest absolute Gasteiger partial charge is 0.484 e. The van der Waals surface area contributed by atoms with Crippen molar-refractivity contribution in [2.45, 2.75) is 32.3 Å². The minimum atomic E-state index is -1.10. The number of carbonyl (C=O) groups is 1. The molecule has 0 bridgehead atoms. The fourth-order valence-electron chi connectivity index (χ4n) is 3.13. The number of hydrogen-bond acceptors (Lipinski definition) is 2. The molecule has 0 fully saturated rings. The standard InChI is InChI=1S/C19H19FO3/c1-19(2,15-9-12-5-3-4-6-13(12)10-15)23-17-11-14(18(21)22)7-8-16(17)20/h3-8,11,15H,9-10H2,1-2H3,(H,21,22). The Balaban J connectivity index is 1.82. The van der Waals surface area contributed by atoms with E-state index in [4.69, 9.17) is 9.84 Å². The Hall–Kier alpha value is -2.36. The van der Waals surface area contributed by atoms with Gasteiger partial charge in [-0.25, -0.2) is 9.18 Å². The van der Waals surface area contributed by atoms with E-state index in [-0.39, 0.29) is 17.2 Å². The first kappa shape index (κ1) is 15.5. The van der Waals surface area contributed by atoms with Crippen LogP contribution >= 0.6 is 0 Å². The molecule has 2 aromatic rings. The SMILES string of the molecule is CC(C)(Oc1cc(C(=O)O)ccc1F)C1Cc2ccccc2C1. The number of benzene rings is 2. The lowest BCUT2D eigenvalue weighted by molar-refractivity contribution is 0.0436. The summed E-state index contributed by atoms with van der Waals surface area (Å²) in [6, 6.07) is 11.9. The van der Waals surface area contributed by atoms with Crippen LogP contribution in [0.2, 0.25) is 0 Å². The molecule has 0 aromatic heterocycles. The van der Waals surface area contributed by atoms with Crippen LogP contribution in [0.1, 0.15) is 35.3 Å².